The minimum absolute atomic E-state index is 0. The molecule has 0 saturated carbocycles. The molecule has 0 radical (unpaired) electrons. The molecule has 1 aliphatic rings. The minimum atomic E-state index is -4.94. The van der Waals surface area contributed by atoms with E-state index in [0.717, 1.165) is 43.1 Å². The van der Waals surface area contributed by atoms with Gasteiger partial charge in [-0.1, -0.05) is 168 Å². The van der Waals surface area contributed by atoms with Gasteiger partial charge in [0.15, 0.2) is 12.3 Å². The van der Waals surface area contributed by atoms with Gasteiger partial charge in [0.05, 0.1) is 19.8 Å². The summed E-state index contributed by atoms with van der Waals surface area (Å²) in [5.41, 5.74) is -0.887. The fraction of sp³-hybridized carbons (Fsp3) is 0.843. The number of phosphoric acid groups is 1. The van der Waals surface area contributed by atoms with E-state index in [0.29, 0.717) is 12.8 Å². The molecule has 0 aliphatic carbocycles. The molecule has 0 spiro atoms. The second kappa shape index (κ2) is 42.9. The van der Waals surface area contributed by atoms with Crippen molar-refractivity contribution in [3.63, 3.8) is 0 Å². The van der Waals surface area contributed by atoms with E-state index in [9.17, 15) is 48.8 Å². The third-order valence-corrected chi connectivity index (χ3v) is 13.4. The Morgan fingerprint density at radius 1 is 0.694 bits per heavy atom. The van der Waals surface area contributed by atoms with Crippen molar-refractivity contribution in [3.05, 3.63) is 22.7 Å². The Morgan fingerprint density at radius 3 is 1.67 bits per heavy atom. The maximum Gasteiger partial charge on any atom is 1.00 e. The number of nitrogens with zero attached hydrogens (tertiary/aromatic N) is 2. The zero-order valence-corrected chi connectivity index (χ0v) is 47.0. The largest absolute Gasteiger partial charge is 1.00 e. The molecule has 3 unspecified atom stereocenters. The van der Waals surface area contributed by atoms with Crippen molar-refractivity contribution in [2.45, 2.75) is 244 Å². The Morgan fingerprint density at radius 2 is 1.18 bits per heavy atom. The Balaban J connectivity index is 0.0000259. The molecular formula is C51H90N4NaO15P. The molecule has 1 aromatic rings. The van der Waals surface area contributed by atoms with Crippen LogP contribution in [0.2, 0.25) is 0 Å². The average Bonchev–Trinajstić information content (AvgIpc) is 3.63. The molecule has 2 rings (SSSR count). The first-order chi connectivity index (χ1) is 34.3. The van der Waals surface area contributed by atoms with Gasteiger partial charge in [-0.05, 0) is 25.3 Å². The Labute approximate surface area is 451 Å². The van der Waals surface area contributed by atoms with E-state index >= 15 is 0 Å². The summed E-state index contributed by atoms with van der Waals surface area (Å²) < 4.78 is 39.7. The number of aromatic nitrogens is 2. The summed E-state index contributed by atoms with van der Waals surface area (Å²) in [4.78, 5) is 79.1. The minimum Gasteiger partial charge on any atom is -0.756 e. The smallest absolute Gasteiger partial charge is 0.756 e. The van der Waals surface area contributed by atoms with Crippen LogP contribution in [0.4, 0.5) is 5.82 Å². The van der Waals surface area contributed by atoms with Crippen LogP contribution in [0.25, 0.3) is 0 Å². The van der Waals surface area contributed by atoms with Crippen molar-refractivity contribution in [2.75, 3.05) is 38.3 Å². The fourth-order valence-electron chi connectivity index (χ4n) is 8.24. The van der Waals surface area contributed by atoms with Crippen molar-refractivity contribution in [2.24, 2.45) is 0 Å². The quantitative estimate of drug-likeness (QED) is 0.0249. The van der Waals surface area contributed by atoms with Gasteiger partial charge in [-0.2, -0.15) is 4.98 Å². The van der Waals surface area contributed by atoms with E-state index in [-0.39, 0.29) is 80.6 Å². The molecule has 2 heterocycles. The molecule has 1 aromatic heterocycles. The van der Waals surface area contributed by atoms with Crippen molar-refractivity contribution in [1.82, 2.24) is 14.9 Å². The van der Waals surface area contributed by atoms with Crippen molar-refractivity contribution >= 4 is 37.4 Å². The summed E-state index contributed by atoms with van der Waals surface area (Å²) in [6, 6.07) is 1.28. The molecule has 0 bridgehead atoms. The Kier molecular flexibility index (Phi) is 40.3. The summed E-state index contributed by atoms with van der Waals surface area (Å²) in [7, 11) is -4.94. The summed E-state index contributed by atoms with van der Waals surface area (Å²) >= 11 is 0. The number of amides is 2. The van der Waals surface area contributed by atoms with E-state index in [1.807, 2.05) is 0 Å². The SMILES string of the molecule is CCCCCCCCCCCCCCCC(=O)OCC(COP(=O)([O-])OCCNC(=O)CCCC(=O)Nc1ccn([C@@H]2O[C@H](CO)[C@H](O)C2O)c(=O)n1)OC(=O)CCCCCCCCCCCCCCC.[Na+]. The maximum absolute atomic E-state index is 12.8. The number of carbonyl (C=O) groups is 4. The normalized spacial score (nSPS) is 17.7. The summed E-state index contributed by atoms with van der Waals surface area (Å²) in [5.74, 6) is -2.14. The van der Waals surface area contributed by atoms with Crippen LogP contribution in [-0.4, -0.2) is 106 Å². The van der Waals surface area contributed by atoms with Crippen molar-refractivity contribution in [1.29, 1.82) is 0 Å². The zero-order valence-electron chi connectivity index (χ0n) is 44.1. The molecule has 6 atom stereocenters. The van der Waals surface area contributed by atoms with Gasteiger partial charge >= 0.3 is 47.2 Å². The number of esters is 2. The molecular weight excluding hydrogens is 963 g/mol. The number of ether oxygens (including phenoxy) is 3. The number of unbranched alkanes of at least 4 members (excludes halogenated alkanes) is 24. The Hall–Kier alpha value is -2.29. The zero-order chi connectivity index (χ0) is 52.0. The number of aliphatic hydroxyl groups is 3. The number of phosphoric ester groups is 1. The van der Waals surface area contributed by atoms with Gasteiger partial charge in [-0.15, -0.1) is 0 Å². The molecule has 5 N–H and O–H groups in total. The number of rotatable bonds is 45. The third kappa shape index (κ3) is 32.9. The van der Waals surface area contributed by atoms with E-state index in [1.165, 1.54) is 128 Å². The Bertz CT molecular complexity index is 1710. The van der Waals surface area contributed by atoms with E-state index < -0.39 is 87.7 Å². The molecule has 410 valence electrons. The van der Waals surface area contributed by atoms with Crippen LogP contribution < -0.4 is 50.8 Å². The van der Waals surface area contributed by atoms with Gasteiger partial charge < -0.3 is 54.1 Å². The molecule has 1 fully saturated rings. The van der Waals surface area contributed by atoms with Crippen molar-refractivity contribution < 1.29 is 96.8 Å². The molecule has 21 heteroatoms. The van der Waals surface area contributed by atoms with E-state index in [1.54, 1.807) is 0 Å². The predicted octanol–water partition coefficient (Wildman–Crippen LogP) is 5.00. The van der Waals surface area contributed by atoms with Crippen LogP contribution in [0.15, 0.2) is 17.1 Å². The molecule has 72 heavy (non-hydrogen) atoms. The van der Waals surface area contributed by atoms with Gasteiger partial charge in [0.1, 0.15) is 30.7 Å². The number of anilines is 1. The predicted molar refractivity (Wildman–Crippen MR) is 268 cm³/mol. The van der Waals surface area contributed by atoms with Gasteiger partial charge in [0.25, 0.3) is 7.82 Å². The van der Waals surface area contributed by atoms with Crippen LogP contribution in [0.1, 0.15) is 219 Å². The molecule has 2 amide bonds. The monoisotopic (exact) mass is 1050 g/mol. The van der Waals surface area contributed by atoms with Gasteiger partial charge in [-0.3, -0.25) is 28.3 Å². The first-order valence-corrected chi connectivity index (χ1v) is 28.5. The molecule has 1 saturated heterocycles. The summed E-state index contributed by atoms with van der Waals surface area (Å²) in [5, 5.41) is 34.4. The van der Waals surface area contributed by atoms with Crippen LogP contribution in [0, 0.1) is 0 Å². The first-order valence-electron chi connectivity index (χ1n) is 27.0. The first kappa shape index (κ1) is 67.7. The second-order valence-electron chi connectivity index (χ2n) is 18.8. The maximum atomic E-state index is 12.8. The number of hydrogen-bond acceptors (Lipinski definition) is 16. The molecule has 1 aliphatic heterocycles. The topological polar surface area (TPSA) is 274 Å². The molecule has 0 aromatic carbocycles. The number of carbonyl (C=O) groups excluding carboxylic acids is 4. The average molecular weight is 1050 g/mol. The summed E-state index contributed by atoms with van der Waals surface area (Å²) in [6.45, 7) is 2.20. The van der Waals surface area contributed by atoms with Crippen LogP contribution in [0.3, 0.4) is 0 Å². The van der Waals surface area contributed by atoms with Crippen LogP contribution in [-0.2, 0) is 47.0 Å². The van der Waals surface area contributed by atoms with Gasteiger partial charge in [0, 0.05) is 38.4 Å². The molecule has 19 nitrogen and oxygen atoms in total. The fourth-order valence-corrected chi connectivity index (χ4v) is 8.98. The standard InChI is InChI=1S/C51H91N4O15P.Na/c1-3-5-7-9-11-13-15-17-19-21-23-25-27-32-46(59)66-39-41(69-47(60)33-28-26-24-22-20-18-16-14-12-10-8-6-4-2)40-68-71(64,65)67-37-35-52-44(57)30-29-31-45(58)53-43-34-36-55(51(63)54-43)50-49(62)48(61)42(38-56)70-50;/h34,36,41-42,48-50,56,61-62H,3-33,35,37-40H2,1-2H3,(H,52,57)(H,64,65)(H,53,54,58,63);/q;+1/p-1/t41?,42-,48+,49?,50-;/m1./s1. The number of aliphatic hydroxyl groups excluding tert-OH is 3. The number of hydrogen-bond donors (Lipinski definition) is 5. The number of nitrogens with one attached hydrogen (secondary N) is 2. The van der Waals surface area contributed by atoms with Crippen LogP contribution in [0.5, 0.6) is 0 Å². The van der Waals surface area contributed by atoms with E-state index in [2.05, 4.69) is 29.5 Å². The second-order valence-corrected chi connectivity index (χ2v) is 20.3. The van der Waals surface area contributed by atoms with Gasteiger partial charge in [-0.25, -0.2) is 4.79 Å². The van der Waals surface area contributed by atoms with E-state index in [4.69, 9.17) is 23.3 Å². The van der Waals surface area contributed by atoms with Crippen molar-refractivity contribution in [3.8, 4) is 0 Å². The summed E-state index contributed by atoms with van der Waals surface area (Å²) in [6.07, 6.45) is 25.3. The van der Waals surface area contributed by atoms with Crippen LogP contribution >= 0.6 is 7.82 Å². The van der Waals surface area contributed by atoms with Gasteiger partial charge in [0.2, 0.25) is 11.8 Å². The third-order valence-electron chi connectivity index (χ3n) is 12.5.